The van der Waals surface area contributed by atoms with Crippen molar-refractivity contribution in [3.63, 3.8) is 0 Å². The zero-order valence-electron chi connectivity index (χ0n) is 19.1. The van der Waals surface area contributed by atoms with E-state index in [4.69, 9.17) is 9.47 Å². The third-order valence-corrected chi connectivity index (χ3v) is 5.88. The zero-order valence-corrected chi connectivity index (χ0v) is 19.1. The maximum Gasteiger partial charge on any atom is 0.328 e. The van der Waals surface area contributed by atoms with Gasteiger partial charge in [-0.1, -0.05) is 60.7 Å². The molecule has 172 valence electrons. The van der Waals surface area contributed by atoms with Gasteiger partial charge >= 0.3 is 5.97 Å². The molecule has 2 N–H and O–H groups in total. The van der Waals surface area contributed by atoms with Crippen molar-refractivity contribution in [1.82, 2.24) is 10.3 Å². The van der Waals surface area contributed by atoms with Crippen molar-refractivity contribution in [3.05, 3.63) is 89.7 Å². The van der Waals surface area contributed by atoms with Gasteiger partial charge in [-0.2, -0.15) is 0 Å². The number of ether oxygens (including phenoxy) is 2. The van der Waals surface area contributed by atoms with E-state index in [9.17, 15) is 14.7 Å². The van der Waals surface area contributed by atoms with E-state index >= 15 is 0 Å². The lowest BCUT2D eigenvalue weighted by atomic mass is 9.72. The lowest BCUT2D eigenvalue weighted by molar-refractivity contribution is -0.152. The monoisotopic (exact) mass is 448 g/mol. The summed E-state index contributed by atoms with van der Waals surface area (Å²) < 4.78 is 10.8. The summed E-state index contributed by atoms with van der Waals surface area (Å²) in [6.45, 7) is 5.38. The molecule has 0 spiro atoms. The maximum absolute atomic E-state index is 12.9. The first-order valence-electron chi connectivity index (χ1n) is 10.6. The van der Waals surface area contributed by atoms with Gasteiger partial charge in [0.05, 0.1) is 12.5 Å². The number of esters is 1. The summed E-state index contributed by atoms with van der Waals surface area (Å²) in [5.41, 5.74) is 1.15. The minimum Gasteiger partial charge on any atom is -0.503 e. The van der Waals surface area contributed by atoms with Gasteiger partial charge in [-0.05, 0) is 31.9 Å². The highest BCUT2D eigenvalue weighted by atomic mass is 16.5. The number of benzene rings is 2. The van der Waals surface area contributed by atoms with Crippen LogP contribution in [-0.4, -0.2) is 41.2 Å². The summed E-state index contributed by atoms with van der Waals surface area (Å²) in [6.07, 6.45) is 0.793. The quantitative estimate of drug-likeness (QED) is 0.508. The topological polar surface area (TPSA) is 97.8 Å². The van der Waals surface area contributed by atoms with Crippen molar-refractivity contribution >= 4 is 11.9 Å². The Morgan fingerprint density at radius 3 is 2.03 bits per heavy atom. The number of methoxy groups -OCH3 is 1. The number of pyridine rings is 1. The molecular formula is C26H28N2O5. The number of amides is 1. The van der Waals surface area contributed by atoms with Crippen LogP contribution < -0.4 is 10.1 Å². The molecule has 3 aromatic rings. The fourth-order valence-corrected chi connectivity index (χ4v) is 3.69. The third kappa shape index (κ3) is 4.98. The van der Waals surface area contributed by atoms with Crippen molar-refractivity contribution in [2.45, 2.75) is 38.3 Å². The van der Waals surface area contributed by atoms with E-state index in [1.165, 1.54) is 26.3 Å². The summed E-state index contributed by atoms with van der Waals surface area (Å²) in [4.78, 5) is 29.4. The summed E-state index contributed by atoms with van der Waals surface area (Å²) in [5.74, 6) is -1.60. The van der Waals surface area contributed by atoms with Crippen LogP contribution in [0.3, 0.4) is 0 Å². The summed E-state index contributed by atoms with van der Waals surface area (Å²) in [6, 6.07) is 20.1. The van der Waals surface area contributed by atoms with Crippen LogP contribution in [0, 0.1) is 0 Å². The fourth-order valence-electron chi connectivity index (χ4n) is 3.69. The van der Waals surface area contributed by atoms with Crippen LogP contribution in [0.2, 0.25) is 0 Å². The average Bonchev–Trinajstić information content (AvgIpc) is 2.84. The SMILES string of the molecule is COc1ccnc(C(=O)N[C@@H](C)C(=O)O[C@@H](C)C(C)(c2ccccc2)c2ccccc2)c1O. The van der Waals surface area contributed by atoms with E-state index in [1.54, 1.807) is 0 Å². The zero-order chi connectivity index (χ0) is 24.0. The molecule has 2 atom stereocenters. The molecule has 0 fully saturated rings. The molecule has 0 saturated heterocycles. The van der Waals surface area contributed by atoms with Gasteiger partial charge in [-0.3, -0.25) is 4.79 Å². The van der Waals surface area contributed by atoms with Crippen molar-refractivity contribution in [1.29, 1.82) is 0 Å². The van der Waals surface area contributed by atoms with Crippen LogP contribution in [-0.2, 0) is 14.9 Å². The maximum atomic E-state index is 12.9. The molecule has 2 aromatic carbocycles. The van der Waals surface area contributed by atoms with Gasteiger partial charge in [0.2, 0.25) is 0 Å². The van der Waals surface area contributed by atoms with E-state index < -0.39 is 35.2 Å². The molecule has 3 rings (SSSR count). The molecule has 7 nitrogen and oxygen atoms in total. The molecule has 33 heavy (non-hydrogen) atoms. The number of rotatable bonds is 8. The molecule has 1 amide bonds. The van der Waals surface area contributed by atoms with E-state index in [0.717, 1.165) is 11.1 Å². The first kappa shape index (κ1) is 23.8. The molecule has 0 aliphatic heterocycles. The van der Waals surface area contributed by atoms with Gasteiger partial charge < -0.3 is 19.9 Å². The average molecular weight is 449 g/mol. The normalized spacial score (nSPS) is 13.0. The minimum absolute atomic E-state index is 0.112. The highest BCUT2D eigenvalue weighted by molar-refractivity contribution is 5.97. The van der Waals surface area contributed by atoms with Gasteiger partial charge in [0.15, 0.2) is 17.2 Å². The number of nitrogens with zero attached hydrogens (tertiary/aromatic N) is 1. The summed E-state index contributed by atoms with van der Waals surface area (Å²) >= 11 is 0. The predicted octanol–water partition coefficient (Wildman–Crippen LogP) is 3.85. The Kier molecular flexibility index (Phi) is 7.33. The van der Waals surface area contributed by atoms with Crippen molar-refractivity contribution in [3.8, 4) is 11.5 Å². The Morgan fingerprint density at radius 2 is 1.52 bits per heavy atom. The molecule has 1 aromatic heterocycles. The van der Waals surface area contributed by atoms with E-state index in [0.29, 0.717) is 0 Å². The highest BCUT2D eigenvalue weighted by Crippen LogP contribution is 2.37. The summed E-state index contributed by atoms with van der Waals surface area (Å²) in [7, 11) is 1.37. The Balaban J connectivity index is 1.78. The second-order valence-corrected chi connectivity index (χ2v) is 7.92. The Hall–Kier alpha value is -3.87. The molecule has 0 bridgehead atoms. The highest BCUT2D eigenvalue weighted by Gasteiger charge is 2.38. The first-order chi connectivity index (χ1) is 15.8. The largest absolute Gasteiger partial charge is 0.503 e. The fraction of sp³-hybridized carbons (Fsp3) is 0.269. The molecule has 7 heteroatoms. The number of carbonyl (C=O) groups excluding carboxylic acids is 2. The third-order valence-electron chi connectivity index (χ3n) is 5.88. The van der Waals surface area contributed by atoms with Gasteiger partial charge in [-0.25, -0.2) is 9.78 Å². The van der Waals surface area contributed by atoms with Crippen LogP contribution in [0.5, 0.6) is 11.5 Å². The van der Waals surface area contributed by atoms with E-state index in [-0.39, 0.29) is 11.4 Å². The molecule has 0 saturated carbocycles. The molecule has 0 aliphatic rings. The molecule has 0 unspecified atom stereocenters. The van der Waals surface area contributed by atoms with Gasteiger partial charge in [0.25, 0.3) is 5.91 Å². The molecule has 1 heterocycles. The van der Waals surface area contributed by atoms with Crippen molar-refractivity contribution in [2.24, 2.45) is 0 Å². The van der Waals surface area contributed by atoms with Gasteiger partial charge in [-0.15, -0.1) is 0 Å². The number of hydrogen-bond acceptors (Lipinski definition) is 6. The molecular weight excluding hydrogens is 420 g/mol. The van der Waals surface area contributed by atoms with Crippen molar-refractivity contribution < 1.29 is 24.2 Å². The second-order valence-electron chi connectivity index (χ2n) is 7.92. The Morgan fingerprint density at radius 1 is 0.970 bits per heavy atom. The first-order valence-corrected chi connectivity index (χ1v) is 10.6. The predicted molar refractivity (Wildman–Crippen MR) is 124 cm³/mol. The number of nitrogens with one attached hydrogen (secondary N) is 1. The van der Waals surface area contributed by atoms with Crippen LogP contribution in [0.15, 0.2) is 72.9 Å². The number of aromatic hydroxyl groups is 1. The smallest absolute Gasteiger partial charge is 0.328 e. The van der Waals surface area contributed by atoms with Gasteiger partial charge in [0, 0.05) is 12.3 Å². The van der Waals surface area contributed by atoms with Crippen LogP contribution >= 0.6 is 0 Å². The van der Waals surface area contributed by atoms with E-state index in [2.05, 4.69) is 10.3 Å². The molecule has 0 radical (unpaired) electrons. The number of aromatic nitrogens is 1. The Bertz CT molecular complexity index is 1060. The minimum atomic E-state index is -0.969. The lowest BCUT2D eigenvalue weighted by Crippen LogP contribution is -2.45. The molecule has 0 aliphatic carbocycles. The standard InChI is InChI=1S/C26H28N2O5/c1-17(28-24(30)22-23(29)21(32-4)15-16-27-22)25(31)33-18(2)26(3,19-11-7-5-8-12-19)20-13-9-6-10-14-20/h5-18,29H,1-4H3,(H,28,30)/t17-,18-/m0/s1. The van der Waals surface area contributed by atoms with E-state index in [1.807, 2.05) is 74.5 Å². The second kappa shape index (κ2) is 10.2. The number of hydrogen-bond donors (Lipinski definition) is 2. The van der Waals surface area contributed by atoms with Crippen LogP contribution in [0.25, 0.3) is 0 Å². The lowest BCUT2D eigenvalue weighted by Gasteiger charge is -2.37. The van der Waals surface area contributed by atoms with Crippen LogP contribution in [0.4, 0.5) is 0 Å². The van der Waals surface area contributed by atoms with Crippen molar-refractivity contribution in [2.75, 3.05) is 7.11 Å². The number of carbonyl (C=O) groups is 2. The van der Waals surface area contributed by atoms with Crippen LogP contribution in [0.1, 0.15) is 42.4 Å². The Labute approximate surface area is 193 Å². The van der Waals surface area contributed by atoms with Gasteiger partial charge in [0.1, 0.15) is 12.1 Å². The summed E-state index contributed by atoms with van der Waals surface area (Å²) in [5, 5.41) is 12.7.